The van der Waals surface area contributed by atoms with Crippen LogP contribution in [0.25, 0.3) is 4.72 Å². The van der Waals surface area contributed by atoms with E-state index in [0.717, 1.165) is 62.6 Å². The number of rotatable bonds is 6. The van der Waals surface area contributed by atoms with Crippen LogP contribution < -0.4 is 34.3 Å². The molecule has 0 saturated carbocycles. The Morgan fingerprint density at radius 1 is 1.12 bits per heavy atom. The fourth-order valence-corrected chi connectivity index (χ4v) is 7.07. The Hall–Kier alpha value is -1.23. The van der Waals surface area contributed by atoms with E-state index < -0.39 is 16.1 Å². The van der Waals surface area contributed by atoms with Crippen molar-refractivity contribution in [3.8, 4) is 0 Å². The predicted molar refractivity (Wildman–Crippen MR) is 126 cm³/mol. The van der Waals surface area contributed by atoms with Gasteiger partial charge in [0.15, 0.2) is 10.2 Å². The van der Waals surface area contributed by atoms with Gasteiger partial charge in [0.25, 0.3) is 0 Å². The molecular formula is C24H32N5NaO3S. The van der Waals surface area contributed by atoms with E-state index in [1.807, 2.05) is 20.3 Å². The van der Waals surface area contributed by atoms with Gasteiger partial charge in [0, 0.05) is 31.3 Å². The third-order valence-electron chi connectivity index (χ3n) is 7.40. The summed E-state index contributed by atoms with van der Waals surface area (Å²) in [5, 5.41) is 4.24. The normalized spacial score (nSPS) is 22.2. The van der Waals surface area contributed by atoms with Crippen LogP contribution in [0.3, 0.4) is 0 Å². The van der Waals surface area contributed by atoms with Gasteiger partial charge < -0.3 is 9.52 Å². The van der Waals surface area contributed by atoms with Crippen LogP contribution in [0.5, 0.6) is 0 Å². The number of aromatic nitrogens is 2. The predicted octanol–water partition coefficient (Wildman–Crippen LogP) is -0.486. The maximum Gasteiger partial charge on any atom is 1.00 e. The van der Waals surface area contributed by atoms with Crippen LogP contribution >= 0.6 is 0 Å². The standard InChI is InChI=1S/C24H33N5O3S.Na/c1-28-11-5-10-22(24(28)18-14-25-29(2)15-18)26-33(31,32)27-23(30)13-21-19-8-3-6-16(19)12-17-7-4-9-20(17)21;/h12,14-15,22,24,26H,3-11,13H2,1-2H3,(H,27,30);/q;+1/p-1. The number of benzene rings is 1. The number of likely N-dealkylation sites (N-methyl/N-ethyl adjacent to an activating group) is 1. The zero-order valence-corrected chi connectivity index (χ0v) is 23.2. The van der Waals surface area contributed by atoms with Gasteiger partial charge in [-0.1, -0.05) is 6.07 Å². The van der Waals surface area contributed by atoms with Crippen molar-refractivity contribution in [1.29, 1.82) is 0 Å². The summed E-state index contributed by atoms with van der Waals surface area (Å²) in [6.07, 6.45) is 11.5. The second-order valence-electron chi connectivity index (χ2n) is 9.71. The minimum Gasteiger partial charge on any atom is -0.533 e. The van der Waals surface area contributed by atoms with Crippen molar-refractivity contribution in [1.82, 2.24) is 19.4 Å². The maximum absolute atomic E-state index is 12.9. The summed E-state index contributed by atoms with van der Waals surface area (Å²) >= 11 is 0. The summed E-state index contributed by atoms with van der Waals surface area (Å²) in [6.45, 7) is 0.873. The van der Waals surface area contributed by atoms with Crippen molar-refractivity contribution in [2.45, 2.75) is 69.9 Å². The van der Waals surface area contributed by atoms with Crippen LogP contribution in [0.4, 0.5) is 0 Å². The molecule has 178 valence electrons. The summed E-state index contributed by atoms with van der Waals surface area (Å²) in [5.74, 6) is -0.584. The minimum absolute atomic E-state index is 0. The van der Waals surface area contributed by atoms with E-state index in [2.05, 4.69) is 25.5 Å². The van der Waals surface area contributed by atoms with Gasteiger partial charge in [-0.3, -0.25) is 9.58 Å². The molecule has 2 aliphatic carbocycles. The van der Waals surface area contributed by atoms with Gasteiger partial charge in [0.05, 0.1) is 18.1 Å². The molecule has 10 heteroatoms. The van der Waals surface area contributed by atoms with E-state index in [9.17, 15) is 13.2 Å². The largest absolute Gasteiger partial charge is 1.00 e. The second kappa shape index (κ2) is 10.4. The van der Waals surface area contributed by atoms with E-state index in [0.29, 0.717) is 6.42 Å². The van der Waals surface area contributed by atoms with Crippen molar-refractivity contribution in [3.63, 3.8) is 0 Å². The van der Waals surface area contributed by atoms with Gasteiger partial charge in [0.2, 0.25) is 0 Å². The Balaban J connectivity index is 0.00000274. The average molecular weight is 494 g/mol. The third-order valence-corrected chi connectivity index (χ3v) is 8.44. The van der Waals surface area contributed by atoms with Crippen molar-refractivity contribution >= 4 is 16.1 Å². The first-order valence-electron chi connectivity index (χ1n) is 11.9. The summed E-state index contributed by atoms with van der Waals surface area (Å²) in [7, 11) is -0.288. The van der Waals surface area contributed by atoms with Gasteiger partial charge in [-0.05, 0) is 92.8 Å². The van der Waals surface area contributed by atoms with E-state index in [-0.39, 0.29) is 48.1 Å². The molecule has 0 spiro atoms. The van der Waals surface area contributed by atoms with Gasteiger partial charge in [-0.2, -0.15) is 5.10 Å². The van der Waals surface area contributed by atoms with Crippen LogP contribution in [0.2, 0.25) is 0 Å². The van der Waals surface area contributed by atoms with E-state index in [4.69, 9.17) is 0 Å². The van der Waals surface area contributed by atoms with Crippen molar-refractivity contribution in [2.24, 2.45) is 7.05 Å². The summed E-state index contributed by atoms with van der Waals surface area (Å²) in [4.78, 5) is 15.0. The molecule has 0 radical (unpaired) electrons. The number of hydrogen-bond acceptors (Lipinski definition) is 5. The summed E-state index contributed by atoms with van der Waals surface area (Å²) in [6, 6.07) is 1.81. The number of carbonyl (C=O) groups is 1. The summed E-state index contributed by atoms with van der Waals surface area (Å²) < 4.78 is 34.0. The Labute approximate surface area is 224 Å². The van der Waals surface area contributed by atoms with E-state index >= 15 is 0 Å². The molecule has 2 heterocycles. The molecule has 1 saturated heterocycles. The zero-order chi connectivity index (χ0) is 23.2. The quantitative estimate of drug-likeness (QED) is 0.548. The zero-order valence-electron chi connectivity index (χ0n) is 20.4. The number of fused-ring (bicyclic) bond motifs is 2. The van der Waals surface area contributed by atoms with Gasteiger partial charge in [0.1, 0.15) is 0 Å². The number of hydrogen-bond donors (Lipinski definition) is 1. The maximum atomic E-state index is 12.9. The van der Waals surface area contributed by atoms with Crippen LogP contribution in [-0.2, 0) is 54.2 Å². The van der Waals surface area contributed by atoms with Gasteiger partial charge >= 0.3 is 29.6 Å². The first-order chi connectivity index (χ1) is 15.8. The molecule has 5 rings (SSSR count). The first kappa shape index (κ1) is 25.9. The number of nitrogens with one attached hydrogen (secondary N) is 1. The molecule has 3 aliphatic rings. The van der Waals surface area contributed by atoms with E-state index in [1.165, 1.54) is 22.3 Å². The molecular weight excluding hydrogens is 461 g/mol. The topological polar surface area (TPSA) is 98.4 Å². The molecule has 2 aromatic rings. The number of likely N-dealkylation sites (tertiary alicyclic amines) is 1. The van der Waals surface area contributed by atoms with Gasteiger partial charge in [-0.25, -0.2) is 13.1 Å². The second-order valence-corrected chi connectivity index (χ2v) is 11.1. The van der Waals surface area contributed by atoms with Gasteiger partial charge in [-0.15, -0.1) is 0 Å². The number of amides is 1. The monoisotopic (exact) mass is 493 g/mol. The number of carbonyl (C=O) groups excluding carboxylic acids is 1. The fourth-order valence-electron chi connectivity index (χ4n) is 6.05. The Kier molecular flexibility index (Phi) is 7.91. The molecule has 2 unspecified atom stereocenters. The number of aryl methyl sites for hydroxylation is 3. The molecule has 1 aromatic heterocycles. The molecule has 1 aliphatic heterocycles. The van der Waals surface area contributed by atoms with Crippen molar-refractivity contribution < 1.29 is 42.8 Å². The van der Waals surface area contributed by atoms with Crippen LogP contribution in [-0.4, -0.2) is 48.6 Å². The van der Waals surface area contributed by atoms with Crippen molar-refractivity contribution in [2.75, 3.05) is 13.6 Å². The fraction of sp³-hybridized carbons (Fsp3) is 0.583. The molecule has 0 bridgehead atoms. The SMILES string of the molecule is CN1CCCC(NS(=O)(=O)[N-]C(=O)Cc2c3c(cc4c2CCC4)CCC3)C1c1cnn(C)c1.[Na+]. The molecule has 1 aromatic carbocycles. The first-order valence-corrected chi connectivity index (χ1v) is 13.4. The Morgan fingerprint density at radius 2 is 1.79 bits per heavy atom. The minimum atomic E-state index is -4.11. The Morgan fingerprint density at radius 3 is 2.41 bits per heavy atom. The number of nitrogens with zero attached hydrogens (tertiary/aromatic N) is 4. The molecule has 34 heavy (non-hydrogen) atoms. The third kappa shape index (κ3) is 5.29. The molecule has 1 fully saturated rings. The number of piperidine rings is 1. The van der Waals surface area contributed by atoms with Crippen LogP contribution in [0, 0.1) is 0 Å². The smallest absolute Gasteiger partial charge is 0.533 e. The molecule has 1 N–H and O–H groups in total. The average Bonchev–Trinajstić information content (AvgIpc) is 3.48. The molecule has 1 amide bonds. The van der Waals surface area contributed by atoms with E-state index in [1.54, 1.807) is 10.9 Å². The molecule has 2 atom stereocenters. The van der Waals surface area contributed by atoms with Crippen LogP contribution in [0.1, 0.15) is 65.1 Å². The van der Waals surface area contributed by atoms with Crippen molar-refractivity contribution in [3.05, 3.63) is 56.6 Å². The molecule has 8 nitrogen and oxygen atoms in total. The van der Waals surface area contributed by atoms with Crippen LogP contribution in [0.15, 0.2) is 18.5 Å². The Bertz CT molecular complexity index is 1150. The summed E-state index contributed by atoms with van der Waals surface area (Å²) in [5.41, 5.74) is 7.19.